The van der Waals surface area contributed by atoms with Gasteiger partial charge in [0.05, 0.1) is 18.5 Å². The summed E-state index contributed by atoms with van der Waals surface area (Å²) in [6, 6.07) is 7.62. The highest BCUT2D eigenvalue weighted by Crippen LogP contribution is 2.27. The van der Waals surface area contributed by atoms with E-state index in [1.54, 1.807) is 7.11 Å². The van der Waals surface area contributed by atoms with Gasteiger partial charge >= 0.3 is 0 Å². The molecule has 0 saturated carbocycles. The number of hydrogen-bond acceptors (Lipinski definition) is 5. The SMILES string of the molecule is COc1ccccc1Nc1nc(Cl)c2c(n1)CNCC2. The lowest BCUT2D eigenvalue weighted by Crippen LogP contribution is -2.25. The molecule has 0 radical (unpaired) electrons. The van der Waals surface area contributed by atoms with Crippen molar-refractivity contribution in [3.8, 4) is 5.75 Å². The molecular formula is C14H15ClN4O. The van der Waals surface area contributed by atoms with Crippen LogP contribution >= 0.6 is 11.6 Å². The van der Waals surface area contributed by atoms with E-state index in [2.05, 4.69) is 20.6 Å². The molecule has 0 saturated heterocycles. The standard InChI is InChI=1S/C14H15ClN4O/c1-20-12-5-3-2-4-10(12)17-14-18-11-8-16-7-6-9(11)13(15)19-14/h2-5,16H,6-8H2,1H3,(H,17,18,19). The predicted octanol–water partition coefficient (Wildman–Crippen LogP) is 2.53. The van der Waals surface area contributed by atoms with Gasteiger partial charge in [-0.1, -0.05) is 23.7 Å². The summed E-state index contributed by atoms with van der Waals surface area (Å²) in [5.74, 6) is 1.23. The molecule has 20 heavy (non-hydrogen) atoms. The number of nitrogens with zero attached hydrogens (tertiary/aromatic N) is 2. The summed E-state index contributed by atoms with van der Waals surface area (Å²) in [6.45, 7) is 1.63. The molecule has 3 rings (SSSR count). The van der Waals surface area contributed by atoms with Gasteiger partial charge in [0, 0.05) is 12.1 Å². The lowest BCUT2D eigenvalue weighted by molar-refractivity contribution is 0.417. The van der Waals surface area contributed by atoms with Crippen molar-refractivity contribution in [2.24, 2.45) is 0 Å². The number of rotatable bonds is 3. The first kappa shape index (κ1) is 13.1. The van der Waals surface area contributed by atoms with Gasteiger partial charge in [-0.05, 0) is 25.1 Å². The van der Waals surface area contributed by atoms with Gasteiger partial charge in [-0.25, -0.2) is 9.97 Å². The molecule has 0 unspecified atom stereocenters. The minimum absolute atomic E-state index is 0.488. The molecule has 1 aromatic heterocycles. The Morgan fingerprint density at radius 1 is 1.30 bits per heavy atom. The van der Waals surface area contributed by atoms with Crippen LogP contribution in [0.1, 0.15) is 11.3 Å². The molecule has 1 aliphatic heterocycles. The number of fused-ring (bicyclic) bond motifs is 1. The van der Waals surface area contributed by atoms with Crippen molar-refractivity contribution in [2.45, 2.75) is 13.0 Å². The lowest BCUT2D eigenvalue weighted by Gasteiger charge is -2.18. The Labute approximate surface area is 122 Å². The highest BCUT2D eigenvalue weighted by atomic mass is 35.5. The van der Waals surface area contributed by atoms with Gasteiger partial charge in [0.1, 0.15) is 10.9 Å². The monoisotopic (exact) mass is 290 g/mol. The fourth-order valence-corrected chi connectivity index (χ4v) is 2.52. The average Bonchev–Trinajstić information content (AvgIpc) is 2.48. The van der Waals surface area contributed by atoms with Gasteiger partial charge in [0.2, 0.25) is 5.95 Å². The zero-order valence-corrected chi connectivity index (χ0v) is 11.9. The van der Waals surface area contributed by atoms with Gasteiger partial charge in [-0.3, -0.25) is 0 Å². The normalized spacial score (nSPS) is 13.7. The molecule has 6 heteroatoms. The second kappa shape index (κ2) is 5.64. The van der Waals surface area contributed by atoms with Crippen LogP contribution < -0.4 is 15.4 Å². The van der Waals surface area contributed by atoms with Gasteiger partial charge in [0.25, 0.3) is 0 Å². The third-order valence-electron chi connectivity index (χ3n) is 3.24. The highest BCUT2D eigenvalue weighted by molar-refractivity contribution is 6.30. The third kappa shape index (κ3) is 2.55. The fourth-order valence-electron chi connectivity index (χ4n) is 2.24. The molecular weight excluding hydrogens is 276 g/mol. The van der Waals surface area contributed by atoms with E-state index in [0.29, 0.717) is 11.1 Å². The van der Waals surface area contributed by atoms with Crippen LogP contribution in [0.3, 0.4) is 0 Å². The Balaban J connectivity index is 1.93. The quantitative estimate of drug-likeness (QED) is 0.851. The first-order chi connectivity index (χ1) is 9.78. The first-order valence-corrected chi connectivity index (χ1v) is 6.82. The lowest BCUT2D eigenvalue weighted by atomic mass is 10.1. The molecule has 5 nitrogen and oxygen atoms in total. The van der Waals surface area contributed by atoms with E-state index in [9.17, 15) is 0 Å². The van der Waals surface area contributed by atoms with Gasteiger partial charge < -0.3 is 15.4 Å². The molecule has 2 heterocycles. The minimum atomic E-state index is 0.488. The maximum Gasteiger partial charge on any atom is 0.229 e. The van der Waals surface area contributed by atoms with Crippen LogP contribution in [0.4, 0.5) is 11.6 Å². The van der Waals surface area contributed by atoms with Gasteiger partial charge in [-0.2, -0.15) is 0 Å². The topological polar surface area (TPSA) is 59.1 Å². The Morgan fingerprint density at radius 2 is 2.15 bits per heavy atom. The number of anilines is 2. The van der Waals surface area contributed by atoms with Crippen molar-refractivity contribution in [3.05, 3.63) is 40.7 Å². The Kier molecular flexibility index (Phi) is 3.71. The molecule has 1 aromatic carbocycles. The molecule has 0 fully saturated rings. The summed E-state index contributed by atoms with van der Waals surface area (Å²) in [5, 5.41) is 6.96. The van der Waals surface area contributed by atoms with E-state index >= 15 is 0 Å². The minimum Gasteiger partial charge on any atom is -0.495 e. The van der Waals surface area contributed by atoms with Crippen molar-refractivity contribution in [3.63, 3.8) is 0 Å². The molecule has 0 atom stereocenters. The Hall–Kier alpha value is -1.85. The van der Waals surface area contributed by atoms with E-state index in [0.717, 1.165) is 42.2 Å². The fraction of sp³-hybridized carbons (Fsp3) is 0.286. The van der Waals surface area contributed by atoms with Crippen molar-refractivity contribution >= 4 is 23.2 Å². The van der Waals surface area contributed by atoms with Crippen molar-refractivity contribution in [2.75, 3.05) is 19.0 Å². The van der Waals surface area contributed by atoms with E-state index in [4.69, 9.17) is 16.3 Å². The van der Waals surface area contributed by atoms with Crippen LogP contribution in [-0.2, 0) is 13.0 Å². The molecule has 104 valence electrons. The van der Waals surface area contributed by atoms with Crippen LogP contribution in [0, 0.1) is 0 Å². The molecule has 2 aromatic rings. The number of para-hydroxylation sites is 2. The number of halogens is 1. The average molecular weight is 291 g/mol. The molecule has 0 amide bonds. The Morgan fingerprint density at radius 3 is 3.00 bits per heavy atom. The number of nitrogens with one attached hydrogen (secondary N) is 2. The highest BCUT2D eigenvalue weighted by Gasteiger charge is 2.16. The van der Waals surface area contributed by atoms with Gasteiger partial charge in [-0.15, -0.1) is 0 Å². The van der Waals surface area contributed by atoms with E-state index in [1.807, 2.05) is 24.3 Å². The van der Waals surface area contributed by atoms with Crippen LogP contribution in [0.15, 0.2) is 24.3 Å². The summed E-state index contributed by atoms with van der Waals surface area (Å²) in [5.41, 5.74) is 2.81. The second-order valence-electron chi connectivity index (χ2n) is 4.52. The maximum absolute atomic E-state index is 6.24. The van der Waals surface area contributed by atoms with Crippen LogP contribution in [0.25, 0.3) is 0 Å². The number of ether oxygens (including phenoxy) is 1. The molecule has 0 spiro atoms. The smallest absolute Gasteiger partial charge is 0.229 e. The number of hydrogen-bond donors (Lipinski definition) is 2. The number of methoxy groups -OCH3 is 1. The summed E-state index contributed by atoms with van der Waals surface area (Å²) < 4.78 is 5.30. The van der Waals surface area contributed by atoms with E-state index in [1.165, 1.54) is 0 Å². The van der Waals surface area contributed by atoms with Crippen molar-refractivity contribution in [1.82, 2.24) is 15.3 Å². The van der Waals surface area contributed by atoms with E-state index < -0.39 is 0 Å². The summed E-state index contributed by atoms with van der Waals surface area (Å²) >= 11 is 6.24. The molecule has 0 bridgehead atoms. The first-order valence-electron chi connectivity index (χ1n) is 6.44. The number of benzene rings is 1. The van der Waals surface area contributed by atoms with Gasteiger partial charge in [0.15, 0.2) is 0 Å². The summed E-state index contributed by atoms with van der Waals surface area (Å²) in [6.07, 6.45) is 0.864. The van der Waals surface area contributed by atoms with Crippen molar-refractivity contribution in [1.29, 1.82) is 0 Å². The maximum atomic E-state index is 6.24. The third-order valence-corrected chi connectivity index (χ3v) is 3.55. The van der Waals surface area contributed by atoms with Crippen LogP contribution in [-0.4, -0.2) is 23.6 Å². The molecule has 1 aliphatic rings. The molecule has 2 N–H and O–H groups in total. The Bertz CT molecular complexity index is 633. The number of aromatic nitrogens is 2. The summed E-state index contributed by atoms with van der Waals surface area (Å²) in [7, 11) is 1.63. The molecule has 0 aliphatic carbocycles. The second-order valence-corrected chi connectivity index (χ2v) is 4.87. The predicted molar refractivity (Wildman–Crippen MR) is 78.7 cm³/mol. The zero-order chi connectivity index (χ0) is 13.9. The largest absolute Gasteiger partial charge is 0.495 e. The van der Waals surface area contributed by atoms with Crippen molar-refractivity contribution < 1.29 is 4.74 Å². The zero-order valence-electron chi connectivity index (χ0n) is 11.1. The van der Waals surface area contributed by atoms with Crippen LogP contribution in [0.2, 0.25) is 5.15 Å². The summed E-state index contributed by atoms with van der Waals surface area (Å²) in [4.78, 5) is 8.84. The van der Waals surface area contributed by atoms with Crippen LogP contribution in [0.5, 0.6) is 5.75 Å². The van der Waals surface area contributed by atoms with E-state index in [-0.39, 0.29) is 0 Å².